The quantitative estimate of drug-likeness (QED) is 0.495. The molecule has 1 saturated heterocycles. The van der Waals surface area contributed by atoms with Gasteiger partial charge in [0.25, 0.3) is 11.5 Å². The molecule has 0 spiro atoms. The third-order valence-corrected chi connectivity index (χ3v) is 6.94. The van der Waals surface area contributed by atoms with E-state index in [1.54, 1.807) is 0 Å². The van der Waals surface area contributed by atoms with Crippen LogP contribution in [0.4, 0.5) is 0 Å². The van der Waals surface area contributed by atoms with Gasteiger partial charge in [0.1, 0.15) is 0 Å². The first kappa shape index (κ1) is 18.9. The maximum atomic E-state index is 10.3. The summed E-state index contributed by atoms with van der Waals surface area (Å²) in [4.78, 5) is 5.77. The number of hydrogen-bond donors (Lipinski definition) is 1. The second kappa shape index (κ2) is 8.69. The van der Waals surface area contributed by atoms with Crippen molar-refractivity contribution in [3.63, 3.8) is 0 Å². The number of rotatable bonds is 5. The predicted octanol–water partition coefficient (Wildman–Crippen LogP) is 4.91. The molecule has 0 aliphatic carbocycles. The van der Waals surface area contributed by atoms with Crippen molar-refractivity contribution < 1.29 is 9.84 Å². The predicted molar refractivity (Wildman–Crippen MR) is 116 cm³/mol. The molecule has 0 amide bonds. The molecular weight excluding hydrogens is 368 g/mol. The van der Waals surface area contributed by atoms with Crippen molar-refractivity contribution in [2.45, 2.75) is 30.4 Å². The molecule has 3 aromatic rings. The van der Waals surface area contributed by atoms with Gasteiger partial charge in [0.15, 0.2) is 0 Å². The van der Waals surface area contributed by atoms with Gasteiger partial charge in [-0.1, -0.05) is 34.9 Å². The second-order valence-corrected chi connectivity index (χ2v) is 8.79. The van der Waals surface area contributed by atoms with Crippen LogP contribution in [0.3, 0.4) is 0 Å². The van der Waals surface area contributed by atoms with Crippen LogP contribution in [0.2, 0.25) is 0 Å². The van der Waals surface area contributed by atoms with Gasteiger partial charge >= 0.3 is 0 Å². The van der Waals surface area contributed by atoms with Crippen LogP contribution in [-0.2, 0) is 0 Å². The van der Waals surface area contributed by atoms with Crippen molar-refractivity contribution in [3.8, 4) is 11.5 Å². The minimum absolute atomic E-state index is 0.129. The summed E-state index contributed by atoms with van der Waals surface area (Å²) in [6.45, 7) is 2.75. The van der Waals surface area contributed by atoms with Gasteiger partial charge in [0.05, 0.1) is 17.8 Å². The van der Waals surface area contributed by atoms with Crippen molar-refractivity contribution in [3.05, 3.63) is 84.7 Å². The van der Waals surface area contributed by atoms with E-state index >= 15 is 0 Å². The summed E-state index contributed by atoms with van der Waals surface area (Å²) >= 11 is 0. The molecule has 2 heterocycles. The second-order valence-electron chi connectivity index (χ2n) is 6.75. The zero-order valence-corrected chi connectivity index (χ0v) is 16.7. The highest BCUT2D eigenvalue weighted by Crippen LogP contribution is 2.43. The Morgan fingerprint density at radius 2 is 1.71 bits per heavy atom. The van der Waals surface area contributed by atoms with Gasteiger partial charge in [0, 0.05) is 41.9 Å². The molecule has 2 unspecified atom stereocenters. The average molecular weight is 394 g/mol. The number of aromatic nitrogens is 1. The highest BCUT2D eigenvalue weighted by atomic mass is 32.2. The minimum Gasteiger partial charge on any atom is -0.546 e. The Morgan fingerprint density at radius 1 is 1.00 bits per heavy atom. The molecule has 3 atom stereocenters. The Bertz CT molecular complexity index is 930. The topological polar surface area (TPSA) is 49.2 Å². The van der Waals surface area contributed by atoms with Gasteiger partial charge in [-0.25, -0.2) is 4.31 Å². The van der Waals surface area contributed by atoms with E-state index in [1.165, 1.54) is 4.90 Å². The van der Waals surface area contributed by atoms with Crippen LogP contribution in [0.5, 0.6) is 11.5 Å². The van der Waals surface area contributed by atoms with Crippen molar-refractivity contribution in [1.29, 1.82) is 0 Å². The Balaban J connectivity index is 1.56. The van der Waals surface area contributed by atoms with Crippen molar-refractivity contribution in [1.82, 2.24) is 9.29 Å². The molecule has 0 bridgehead atoms. The van der Waals surface area contributed by atoms with Gasteiger partial charge in [0.2, 0.25) is 0 Å². The fraction of sp³-hybridized carbons (Fsp3) is 0.217. The fourth-order valence-corrected chi connectivity index (χ4v) is 5.59. The summed E-state index contributed by atoms with van der Waals surface area (Å²) in [5.74, 6) is 1.89. The van der Waals surface area contributed by atoms with Gasteiger partial charge in [-0.15, -0.1) is 0 Å². The van der Waals surface area contributed by atoms with Crippen molar-refractivity contribution >= 4 is 16.0 Å². The molecule has 0 saturated carbocycles. The molecule has 2 aromatic carbocycles. The summed E-state index contributed by atoms with van der Waals surface area (Å²) in [6.07, 6.45) is 2.22. The third kappa shape index (κ3) is 4.17. The number of ether oxygens (including phenoxy) is 1. The summed E-state index contributed by atoms with van der Waals surface area (Å²) in [5, 5.41) is 12.6. The van der Waals surface area contributed by atoms with E-state index in [4.69, 9.17) is 0 Å². The van der Waals surface area contributed by atoms with Crippen LogP contribution >= 0.6 is 10.7 Å². The van der Waals surface area contributed by atoms with Crippen LogP contribution in [0, 0.1) is 0 Å². The molecule has 28 heavy (non-hydrogen) atoms. The van der Waals surface area contributed by atoms with Crippen LogP contribution < -0.4 is 0 Å². The van der Waals surface area contributed by atoms with E-state index in [1.807, 2.05) is 48.7 Å². The molecule has 0 radical (unpaired) electrons. The highest BCUT2D eigenvalue weighted by molar-refractivity contribution is 8.13. The zero-order chi connectivity index (χ0) is 19.3. The van der Waals surface area contributed by atoms with Crippen LogP contribution in [0.25, 0.3) is 0 Å². The van der Waals surface area contributed by atoms with Gasteiger partial charge in [-0.05, 0) is 43.0 Å². The van der Waals surface area contributed by atoms with E-state index in [0.29, 0.717) is 6.54 Å². The normalized spacial score (nSPS) is 20.9. The Hall–Kier alpha value is -2.47. The monoisotopic (exact) mass is 393 g/mol. The van der Waals surface area contributed by atoms with Crippen molar-refractivity contribution in [2.24, 2.45) is 0 Å². The average Bonchev–Trinajstić information content (AvgIpc) is 3.13. The van der Waals surface area contributed by atoms with E-state index in [-0.39, 0.29) is 22.8 Å². The lowest BCUT2D eigenvalue weighted by Crippen LogP contribution is -2.20. The first-order chi connectivity index (χ1) is 13.7. The molecule has 1 fully saturated rings. The number of hydrogen-bond acceptors (Lipinski definition) is 3. The largest absolute Gasteiger partial charge is 0.546 e. The standard InChI is InChI=1S/C23H24N2O2S/c1-2-28(25-17-18(26)16-23(25)22-10-6-7-15-24-22)21-13-11-20(12-14-21)27-19-8-4-3-5-9-19/h2-15,18,23,26H,16-17H2,1H3/p+1/t18-,23?,28?/m1/s1. The Kier molecular flexibility index (Phi) is 5.86. The zero-order valence-electron chi connectivity index (χ0n) is 15.8. The minimum atomic E-state index is -0.325. The summed E-state index contributed by atoms with van der Waals surface area (Å²) < 4.78 is 7.04. The lowest BCUT2D eigenvalue weighted by atomic mass is 10.1. The fourth-order valence-electron chi connectivity index (χ4n) is 3.56. The van der Waals surface area contributed by atoms with E-state index in [9.17, 15) is 5.11 Å². The maximum Gasteiger partial charge on any atom is 0.260 e. The molecule has 1 aromatic heterocycles. The first-order valence-electron chi connectivity index (χ1n) is 9.50. The number of nitrogens with zero attached hydrogens (tertiary/aromatic N) is 2. The van der Waals surface area contributed by atoms with E-state index in [2.05, 4.69) is 56.6 Å². The third-order valence-electron chi connectivity index (χ3n) is 4.83. The van der Waals surface area contributed by atoms with Crippen LogP contribution in [0.15, 0.2) is 83.9 Å². The molecular formula is C23H25N2O2S+. The highest BCUT2D eigenvalue weighted by Gasteiger charge is 2.34. The van der Waals surface area contributed by atoms with Crippen LogP contribution in [0.1, 0.15) is 25.1 Å². The SMILES string of the molecule is C/C=S(\c1ccc([OH+]c2ccccc2)cc1)N1C[C@H](O)CC1c1ccccn1. The lowest BCUT2D eigenvalue weighted by Gasteiger charge is -2.27. The molecule has 144 valence electrons. The first-order valence-corrected chi connectivity index (χ1v) is 10.7. The summed E-state index contributed by atoms with van der Waals surface area (Å²) in [5.41, 5.74) is 1.02. The van der Waals surface area contributed by atoms with Crippen LogP contribution in [-0.4, -0.2) is 37.1 Å². The summed E-state index contributed by atoms with van der Waals surface area (Å²) in [6, 6.07) is 24.5. The smallest absolute Gasteiger partial charge is 0.260 e. The van der Waals surface area contributed by atoms with Gasteiger partial charge in [-0.3, -0.25) is 4.98 Å². The molecule has 5 heteroatoms. The maximum absolute atomic E-state index is 10.3. The number of β-amino-alcohol motifs (C(OH)–C–C–N with tert-alkyl or cyclic N) is 1. The Morgan fingerprint density at radius 3 is 2.39 bits per heavy atom. The number of pyridine rings is 1. The van der Waals surface area contributed by atoms with E-state index < -0.39 is 0 Å². The number of aliphatic hydroxyl groups excluding tert-OH is 1. The number of aromatic hydroxyl groups is 2. The summed E-state index contributed by atoms with van der Waals surface area (Å²) in [7, 11) is -0.209. The van der Waals surface area contributed by atoms with Gasteiger partial charge in [-0.2, -0.15) is 0 Å². The van der Waals surface area contributed by atoms with Crippen molar-refractivity contribution in [2.75, 3.05) is 6.54 Å². The molecule has 4 rings (SSSR count). The number of para-hydroxylation sites is 1. The number of benzene rings is 2. The molecule has 1 aliphatic heterocycles. The molecule has 4 nitrogen and oxygen atoms in total. The van der Waals surface area contributed by atoms with Gasteiger partial charge < -0.3 is 9.84 Å². The Labute approximate surface area is 168 Å². The number of aliphatic hydroxyl groups is 1. The molecule has 1 aliphatic rings. The molecule has 2 N–H and O–H groups in total. The van der Waals surface area contributed by atoms with E-state index in [0.717, 1.165) is 23.6 Å². The lowest BCUT2D eigenvalue weighted by molar-refractivity contribution is 0.189.